The summed E-state index contributed by atoms with van der Waals surface area (Å²) in [5.74, 6) is 1.36. The summed E-state index contributed by atoms with van der Waals surface area (Å²) in [5, 5.41) is 0. The normalized spacial score (nSPS) is 16.1. The number of benzene rings is 1. The number of hydrogen-bond donors (Lipinski definition) is 0. The first-order valence-corrected chi connectivity index (χ1v) is 10.3. The van der Waals surface area contributed by atoms with Crippen LogP contribution in [0.5, 0.6) is 5.75 Å². The Kier molecular flexibility index (Phi) is 6.07. The van der Waals surface area contributed by atoms with Crippen LogP contribution in [0, 0.1) is 6.92 Å². The number of ether oxygens (including phenoxy) is 2. The third-order valence-corrected chi connectivity index (χ3v) is 6.69. The van der Waals surface area contributed by atoms with Crippen LogP contribution >= 0.6 is 0 Å². The Hall–Kier alpha value is -2.36. The Labute approximate surface area is 164 Å². The van der Waals surface area contributed by atoms with Gasteiger partial charge in [-0.1, -0.05) is 0 Å². The van der Waals surface area contributed by atoms with Gasteiger partial charge in [-0.05, 0) is 37.3 Å². The lowest BCUT2D eigenvalue weighted by Gasteiger charge is -2.33. The zero-order valence-corrected chi connectivity index (χ0v) is 17.0. The number of furan rings is 1. The van der Waals surface area contributed by atoms with Crippen LogP contribution in [0.3, 0.4) is 0 Å². The van der Waals surface area contributed by atoms with Crippen LogP contribution in [-0.2, 0) is 21.3 Å². The lowest BCUT2D eigenvalue weighted by molar-refractivity contribution is 0.0599. The van der Waals surface area contributed by atoms with Gasteiger partial charge < -0.3 is 13.9 Å². The fourth-order valence-corrected chi connectivity index (χ4v) is 4.60. The van der Waals surface area contributed by atoms with Gasteiger partial charge in [-0.3, -0.25) is 4.90 Å². The molecular formula is C19H24N2O6S. The van der Waals surface area contributed by atoms with Crippen molar-refractivity contribution in [2.24, 2.45) is 0 Å². The predicted molar refractivity (Wildman–Crippen MR) is 102 cm³/mol. The molecule has 1 aromatic heterocycles. The molecule has 1 aliphatic rings. The van der Waals surface area contributed by atoms with E-state index in [-0.39, 0.29) is 4.90 Å². The minimum atomic E-state index is -3.53. The van der Waals surface area contributed by atoms with Gasteiger partial charge >= 0.3 is 5.97 Å². The molecular weight excluding hydrogens is 384 g/mol. The van der Waals surface area contributed by atoms with Crippen molar-refractivity contribution in [1.82, 2.24) is 9.21 Å². The number of methoxy groups -OCH3 is 2. The number of sulfonamides is 1. The molecule has 1 aliphatic heterocycles. The lowest BCUT2D eigenvalue weighted by Crippen LogP contribution is -2.48. The topological polar surface area (TPSA) is 89.3 Å². The molecule has 2 heterocycles. The maximum atomic E-state index is 12.8. The second-order valence-corrected chi connectivity index (χ2v) is 8.47. The summed E-state index contributed by atoms with van der Waals surface area (Å²) in [6.07, 6.45) is 0. The van der Waals surface area contributed by atoms with E-state index in [4.69, 9.17) is 13.9 Å². The molecule has 0 aliphatic carbocycles. The standard InChI is InChI=1S/C19H24N2O6S/c1-14-18(19(22)26-3)12-16(27-14)13-20-8-10-21(11-9-20)28(23,24)17-6-4-15(25-2)5-7-17/h4-7,12H,8-11,13H2,1-3H3. The monoisotopic (exact) mass is 408 g/mol. The van der Waals surface area contributed by atoms with Crippen molar-refractivity contribution in [2.75, 3.05) is 40.4 Å². The number of nitrogens with zero attached hydrogens (tertiary/aromatic N) is 2. The van der Waals surface area contributed by atoms with Crippen molar-refractivity contribution in [3.8, 4) is 5.75 Å². The lowest BCUT2D eigenvalue weighted by atomic mass is 10.2. The molecule has 1 fully saturated rings. The maximum absolute atomic E-state index is 12.8. The fraction of sp³-hybridized carbons (Fsp3) is 0.421. The van der Waals surface area contributed by atoms with Gasteiger partial charge in [-0.15, -0.1) is 0 Å². The van der Waals surface area contributed by atoms with Crippen molar-refractivity contribution in [3.63, 3.8) is 0 Å². The Morgan fingerprint density at radius 1 is 1.11 bits per heavy atom. The van der Waals surface area contributed by atoms with E-state index in [2.05, 4.69) is 4.90 Å². The van der Waals surface area contributed by atoms with Gasteiger partial charge in [0.15, 0.2) is 0 Å². The largest absolute Gasteiger partial charge is 0.497 e. The highest BCUT2D eigenvalue weighted by atomic mass is 32.2. The molecule has 0 amide bonds. The number of rotatable bonds is 6. The maximum Gasteiger partial charge on any atom is 0.341 e. The van der Waals surface area contributed by atoms with E-state index < -0.39 is 16.0 Å². The Morgan fingerprint density at radius 2 is 1.75 bits per heavy atom. The summed E-state index contributed by atoms with van der Waals surface area (Å²) in [7, 11) is -0.665. The summed E-state index contributed by atoms with van der Waals surface area (Å²) in [6, 6.07) is 8.07. The van der Waals surface area contributed by atoms with Crippen molar-refractivity contribution >= 4 is 16.0 Å². The van der Waals surface area contributed by atoms with E-state index in [0.717, 1.165) is 0 Å². The third kappa shape index (κ3) is 4.21. The van der Waals surface area contributed by atoms with Crippen LogP contribution < -0.4 is 4.74 Å². The van der Waals surface area contributed by atoms with Crippen LogP contribution in [-0.4, -0.2) is 64.0 Å². The quantitative estimate of drug-likeness (QED) is 0.674. The average Bonchev–Trinajstić information content (AvgIpc) is 3.07. The summed E-state index contributed by atoms with van der Waals surface area (Å²) < 4.78 is 42.5. The molecule has 1 aromatic carbocycles. The number of carbonyl (C=O) groups excluding carboxylic acids is 1. The highest BCUT2D eigenvalue weighted by Gasteiger charge is 2.29. The highest BCUT2D eigenvalue weighted by molar-refractivity contribution is 7.89. The number of hydrogen-bond acceptors (Lipinski definition) is 7. The van der Waals surface area contributed by atoms with Crippen molar-refractivity contribution in [2.45, 2.75) is 18.4 Å². The molecule has 3 rings (SSSR count). The van der Waals surface area contributed by atoms with E-state index >= 15 is 0 Å². The van der Waals surface area contributed by atoms with Crippen LogP contribution in [0.25, 0.3) is 0 Å². The molecule has 1 saturated heterocycles. The first-order chi connectivity index (χ1) is 13.3. The number of aryl methyl sites for hydroxylation is 1. The van der Waals surface area contributed by atoms with Crippen LogP contribution in [0.1, 0.15) is 21.9 Å². The molecule has 28 heavy (non-hydrogen) atoms. The SMILES string of the molecule is COC(=O)c1cc(CN2CCN(S(=O)(=O)c3ccc(OC)cc3)CC2)oc1C. The van der Waals surface area contributed by atoms with Gasteiger partial charge in [-0.25, -0.2) is 13.2 Å². The Bertz CT molecular complexity index is 928. The second-order valence-electron chi connectivity index (χ2n) is 6.53. The average molecular weight is 408 g/mol. The van der Waals surface area contributed by atoms with E-state index in [0.29, 0.717) is 55.6 Å². The summed E-state index contributed by atoms with van der Waals surface area (Å²) in [6.45, 7) is 4.14. The summed E-state index contributed by atoms with van der Waals surface area (Å²) >= 11 is 0. The second kappa shape index (κ2) is 8.34. The molecule has 0 N–H and O–H groups in total. The van der Waals surface area contributed by atoms with Crippen molar-refractivity contribution in [1.29, 1.82) is 0 Å². The molecule has 0 atom stereocenters. The summed E-state index contributed by atoms with van der Waals surface area (Å²) in [5.41, 5.74) is 0.415. The van der Waals surface area contributed by atoms with Gasteiger partial charge in [0.05, 0.1) is 25.7 Å². The molecule has 152 valence electrons. The van der Waals surface area contributed by atoms with E-state index in [1.54, 1.807) is 37.3 Å². The zero-order chi connectivity index (χ0) is 20.3. The minimum absolute atomic E-state index is 0.256. The van der Waals surface area contributed by atoms with Crippen molar-refractivity contribution in [3.05, 3.63) is 47.4 Å². The first kappa shape index (κ1) is 20.4. The number of piperazine rings is 1. The van der Waals surface area contributed by atoms with Crippen LogP contribution in [0.2, 0.25) is 0 Å². The van der Waals surface area contributed by atoms with E-state index in [1.165, 1.54) is 18.5 Å². The van der Waals surface area contributed by atoms with Gasteiger partial charge in [0.1, 0.15) is 22.8 Å². The molecule has 0 saturated carbocycles. The molecule has 0 radical (unpaired) electrons. The number of carbonyl (C=O) groups is 1. The van der Waals surface area contributed by atoms with Crippen molar-refractivity contribution < 1.29 is 27.1 Å². The van der Waals surface area contributed by atoms with E-state index in [1.807, 2.05) is 0 Å². The van der Waals surface area contributed by atoms with Gasteiger partial charge in [0, 0.05) is 26.2 Å². The van der Waals surface area contributed by atoms with Crippen LogP contribution in [0.4, 0.5) is 0 Å². The van der Waals surface area contributed by atoms with Gasteiger partial charge in [0.25, 0.3) is 0 Å². The zero-order valence-electron chi connectivity index (χ0n) is 16.2. The molecule has 8 nitrogen and oxygen atoms in total. The third-order valence-electron chi connectivity index (χ3n) is 4.78. The molecule has 0 bridgehead atoms. The molecule has 2 aromatic rings. The Balaban J connectivity index is 1.61. The predicted octanol–water partition coefficient (Wildman–Crippen LogP) is 1.89. The molecule has 9 heteroatoms. The van der Waals surface area contributed by atoms with Gasteiger partial charge in [0.2, 0.25) is 10.0 Å². The van der Waals surface area contributed by atoms with Crippen LogP contribution in [0.15, 0.2) is 39.6 Å². The summed E-state index contributed by atoms with van der Waals surface area (Å²) in [4.78, 5) is 14.0. The first-order valence-electron chi connectivity index (χ1n) is 8.89. The Morgan fingerprint density at radius 3 is 2.32 bits per heavy atom. The number of esters is 1. The smallest absolute Gasteiger partial charge is 0.341 e. The highest BCUT2D eigenvalue weighted by Crippen LogP contribution is 2.22. The fourth-order valence-electron chi connectivity index (χ4n) is 3.18. The molecule has 0 spiro atoms. The van der Waals surface area contributed by atoms with Gasteiger partial charge in [-0.2, -0.15) is 4.31 Å². The minimum Gasteiger partial charge on any atom is -0.497 e. The molecule has 0 unspecified atom stereocenters. The van der Waals surface area contributed by atoms with E-state index in [9.17, 15) is 13.2 Å².